The Balaban J connectivity index is 2.57. The normalized spacial score (nSPS) is 13.4. The van der Waals surface area contributed by atoms with Crippen molar-refractivity contribution in [3.05, 3.63) is 29.6 Å². The van der Waals surface area contributed by atoms with Crippen LogP contribution in [0.2, 0.25) is 0 Å². The number of ether oxygens (including phenoxy) is 1. The summed E-state index contributed by atoms with van der Waals surface area (Å²) in [5.74, 6) is -0.0285. The maximum absolute atomic E-state index is 13.1. The van der Waals surface area contributed by atoms with Gasteiger partial charge in [0.05, 0.1) is 6.61 Å². The molecular weight excluding hydrogens is 262 g/mol. The quantitative estimate of drug-likeness (QED) is 0.639. The van der Waals surface area contributed by atoms with Crippen LogP contribution in [0.15, 0.2) is 18.2 Å². The summed E-state index contributed by atoms with van der Waals surface area (Å²) in [6.07, 6.45) is -4.79. The molecule has 19 heavy (non-hydrogen) atoms. The van der Waals surface area contributed by atoms with Gasteiger partial charge >= 0.3 is 6.18 Å². The summed E-state index contributed by atoms with van der Waals surface area (Å²) in [7, 11) is 0. The SMILES string of the molecule is CC(N)Cc1cc(F)ccc1OCCCC(F)(F)F. The van der Waals surface area contributed by atoms with E-state index in [1.54, 1.807) is 6.92 Å². The van der Waals surface area contributed by atoms with Crippen molar-refractivity contribution in [3.63, 3.8) is 0 Å². The first-order valence-corrected chi connectivity index (χ1v) is 6.01. The minimum absolute atomic E-state index is 0.0584. The molecule has 0 fully saturated rings. The van der Waals surface area contributed by atoms with Crippen molar-refractivity contribution < 1.29 is 22.3 Å². The molecule has 0 aliphatic rings. The second-order valence-corrected chi connectivity index (χ2v) is 4.50. The third-order valence-electron chi connectivity index (χ3n) is 2.43. The van der Waals surface area contributed by atoms with Crippen LogP contribution in [-0.4, -0.2) is 18.8 Å². The minimum atomic E-state index is -4.18. The molecule has 0 heterocycles. The van der Waals surface area contributed by atoms with E-state index in [-0.39, 0.29) is 19.1 Å². The van der Waals surface area contributed by atoms with Crippen LogP contribution >= 0.6 is 0 Å². The van der Waals surface area contributed by atoms with Crippen LogP contribution in [0.5, 0.6) is 5.75 Å². The number of benzene rings is 1. The molecular formula is C13H17F4NO. The number of hydrogen-bond donors (Lipinski definition) is 1. The van der Waals surface area contributed by atoms with E-state index in [4.69, 9.17) is 10.5 Å². The number of halogens is 4. The predicted octanol–water partition coefficient (Wildman–Crippen LogP) is 3.44. The lowest BCUT2D eigenvalue weighted by atomic mass is 10.1. The number of hydrogen-bond acceptors (Lipinski definition) is 2. The van der Waals surface area contributed by atoms with E-state index in [1.807, 2.05) is 0 Å². The number of rotatable bonds is 6. The van der Waals surface area contributed by atoms with Crippen molar-refractivity contribution in [3.8, 4) is 5.75 Å². The lowest BCUT2D eigenvalue weighted by molar-refractivity contribution is -0.136. The Kier molecular flexibility index (Phi) is 5.60. The van der Waals surface area contributed by atoms with E-state index < -0.39 is 18.4 Å². The summed E-state index contributed by atoms with van der Waals surface area (Å²) < 4.78 is 54.3. The Morgan fingerprint density at radius 2 is 2.00 bits per heavy atom. The van der Waals surface area contributed by atoms with Gasteiger partial charge in [-0.15, -0.1) is 0 Å². The van der Waals surface area contributed by atoms with Gasteiger partial charge in [0.25, 0.3) is 0 Å². The maximum Gasteiger partial charge on any atom is 0.389 e. The molecule has 2 nitrogen and oxygen atoms in total. The lowest BCUT2D eigenvalue weighted by Gasteiger charge is -2.13. The molecule has 0 bridgehead atoms. The average Bonchev–Trinajstić information content (AvgIpc) is 2.24. The van der Waals surface area contributed by atoms with E-state index in [0.29, 0.717) is 17.7 Å². The molecule has 0 radical (unpaired) electrons. The largest absolute Gasteiger partial charge is 0.493 e. The fourth-order valence-electron chi connectivity index (χ4n) is 1.65. The molecule has 0 saturated heterocycles. The molecule has 1 aromatic carbocycles. The van der Waals surface area contributed by atoms with E-state index in [1.165, 1.54) is 18.2 Å². The average molecular weight is 279 g/mol. The van der Waals surface area contributed by atoms with Gasteiger partial charge in [-0.05, 0) is 43.5 Å². The molecule has 0 aromatic heterocycles. The standard InChI is InChI=1S/C13H17F4NO/c1-9(18)7-10-8-11(14)3-4-12(10)19-6-2-5-13(15,16)17/h3-4,8-9H,2,5-7,18H2,1H3. The molecule has 0 saturated carbocycles. The first-order valence-electron chi connectivity index (χ1n) is 6.01. The predicted molar refractivity (Wildman–Crippen MR) is 64.5 cm³/mol. The van der Waals surface area contributed by atoms with Gasteiger partial charge in [0.1, 0.15) is 11.6 Å². The van der Waals surface area contributed by atoms with E-state index in [0.717, 1.165) is 0 Å². The number of alkyl halides is 3. The van der Waals surface area contributed by atoms with Crippen LogP contribution in [0.4, 0.5) is 17.6 Å². The molecule has 1 aromatic rings. The maximum atomic E-state index is 13.1. The van der Waals surface area contributed by atoms with Crippen molar-refractivity contribution in [2.24, 2.45) is 5.73 Å². The van der Waals surface area contributed by atoms with Gasteiger partial charge in [-0.25, -0.2) is 4.39 Å². The smallest absolute Gasteiger partial charge is 0.389 e. The van der Waals surface area contributed by atoms with Crippen LogP contribution in [0, 0.1) is 5.82 Å². The zero-order valence-corrected chi connectivity index (χ0v) is 10.6. The van der Waals surface area contributed by atoms with Crippen molar-refractivity contribution >= 4 is 0 Å². The first kappa shape index (κ1) is 15.8. The monoisotopic (exact) mass is 279 g/mol. The summed E-state index contributed by atoms with van der Waals surface area (Å²) in [6.45, 7) is 1.70. The van der Waals surface area contributed by atoms with Gasteiger partial charge in [0, 0.05) is 12.5 Å². The molecule has 1 unspecified atom stereocenters. The van der Waals surface area contributed by atoms with Crippen LogP contribution in [0.3, 0.4) is 0 Å². The first-order chi connectivity index (χ1) is 8.78. The fraction of sp³-hybridized carbons (Fsp3) is 0.538. The van der Waals surface area contributed by atoms with Gasteiger partial charge in [0.2, 0.25) is 0 Å². The van der Waals surface area contributed by atoms with E-state index >= 15 is 0 Å². The second-order valence-electron chi connectivity index (χ2n) is 4.50. The minimum Gasteiger partial charge on any atom is -0.493 e. The summed E-state index contributed by atoms with van der Waals surface area (Å²) in [5.41, 5.74) is 6.20. The molecule has 0 aliphatic heterocycles. The van der Waals surface area contributed by atoms with Gasteiger partial charge in [-0.2, -0.15) is 13.2 Å². The molecule has 108 valence electrons. The highest BCUT2D eigenvalue weighted by atomic mass is 19.4. The summed E-state index contributed by atoms with van der Waals surface area (Å²) in [6, 6.07) is 3.74. The highest BCUT2D eigenvalue weighted by Crippen LogP contribution is 2.24. The molecule has 0 amide bonds. The van der Waals surface area contributed by atoms with Gasteiger partial charge in [0.15, 0.2) is 0 Å². The Hall–Kier alpha value is -1.30. The Labute approximate surface area is 109 Å². The zero-order valence-electron chi connectivity index (χ0n) is 10.6. The fourth-order valence-corrected chi connectivity index (χ4v) is 1.65. The third-order valence-corrected chi connectivity index (χ3v) is 2.43. The number of nitrogens with two attached hydrogens (primary N) is 1. The van der Waals surface area contributed by atoms with Crippen molar-refractivity contribution in [1.82, 2.24) is 0 Å². The summed E-state index contributed by atoms with van der Waals surface area (Å²) in [5, 5.41) is 0. The third kappa shape index (κ3) is 6.42. The van der Waals surface area contributed by atoms with Gasteiger partial charge in [-0.1, -0.05) is 0 Å². The molecule has 6 heteroatoms. The van der Waals surface area contributed by atoms with Crippen LogP contribution in [0.1, 0.15) is 25.3 Å². The van der Waals surface area contributed by atoms with Crippen molar-refractivity contribution in [2.75, 3.05) is 6.61 Å². The Bertz CT molecular complexity index is 404. The van der Waals surface area contributed by atoms with Crippen LogP contribution in [0.25, 0.3) is 0 Å². The molecule has 0 aliphatic carbocycles. The topological polar surface area (TPSA) is 35.2 Å². The highest BCUT2D eigenvalue weighted by molar-refractivity contribution is 5.34. The molecule has 1 atom stereocenters. The lowest BCUT2D eigenvalue weighted by Crippen LogP contribution is -2.18. The highest BCUT2D eigenvalue weighted by Gasteiger charge is 2.26. The molecule has 2 N–H and O–H groups in total. The van der Waals surface area contributed by atoms with Gasteiger partial charge < -0.3 is 10.5 Å². The van der Waals surface area contributed by atoms with Gasteiger partial charge in [-0.3, -0.25) is 0 Å². The molecule has 0 spiro atoms. The van der Waals surface area contributed by atoms with Crippen LogP contribution in [-0.2, 0) is 6.42 Å². The zero-order chi connectivity index (χ0) is 14.5. The molecule has 1 rings (SSSR count). The van der Waals surface area contributed by atoms with Crippen molar-refractivity contribution in [2.45, 2.75) is 38.4 Å². The van der Waals surface area contributed by atoms with Crippen molar-refractivity contribution in [1.29, 1.82) is 0 Å². The Morgan fingerprint density at radius 3 is 2.58 bits per heavy atom. The Morgan fingerprint density at radius 1 is 1.32 bits per heavy atom. The summed E-state index contributed by atoms with van der Waals surface area (Å²) >= 11 is 0. The van der Waals surface area contributed by atoms with Crippen LogP contribution < -0.4 is 10.5 Å². The summed E-state index contributed by atoms with van der Waals surface area (Å²) in [4.78, 5) is 0. The second kappa shape index (κ2) is 6.75. The van der Waals surface area contributed by atoms with E-state index in [9.17, 15) is 17.6 Å². The van der Waals surface area contributed by atoms with E-state index in [2.05, 4.69) is 0 Å².